The van der Waals surface area contributed by atoms with Gasteiger partial charge in [0, 0.05) is 23.9 Å². The lowest BCUT2D eigenvalue weighted by Crippen LogP contribution is -2.49. The number of Topliss-reactive ketones (excluding diaryl/α,β-unsaturated/α-hetero) is 1. The molecule has 2 amide bonds. The zero-order valence-electron chi connectivity index (χ0n) is 17.5. The molecule has 0 aliphatic carbocycles. The van der Waals surface area contributed by atoms with Crippen molar-refractivity contribution in [1.29, 1.82) is 0 Å². The normalized spacial score (nSPS) is 26.5. The Labute approximate surface area is 181 Å². The molecule has 6 nitrogen and oxygen atoms in total. The van der Waals surface area contributed by atoms with Crippen LogP contribution in [0, 0.1) is 11.8 Å². The number of anilines is 1. The molecule has 0 N–H and O–H groups in total. The molecule has 2 aromatic carbocycles. The van der Waals surface area contributed by atoms with Crippen LogP contribution in [0.15, 0.2) is 60.7 Å². The summed E-state index contributed by atoms with van der Waals surface area (Å²) in [7, 11) is 1.54. The van der Waals surface area contributed by atoms with Crippen LogP contribution in [0.1, 0.15) is 22.8 Å². The molecular weight excluding hydrogens is 392 g/mol. The lowest BCUT2D eigenvalue weighted by Gasteiger charge is -2.38. The standard InChI is InChI=1S/C25H24N2O4/c1-15-14-19-20-21(25(30)26(24(20)29)12-13-31-2)22(23(28)16-8-4-3-5-9-16)27(19)18-11-7-6-10-17(15)18/h3-11,14,19-22H,12-13H2,1-2H3/t19-,20-,21-,22+/m0/s1. The van der Waals surface area contributed by atoms with Crippen LogP contribution in [0.5, 0.6) is 0 Å². The van der Waals surface area contributed by atoms with E-state index in [4.69, 9.17) is 4.74 Å². The van der Waals surface area contributed by atoms with Crippen LogP contribution in [0.3, 0.4) is 0 Å². The van der Waals surface area contributed by atoms with Crippen molar-refractivity contribution >= 4 is 28.9 Å². The van der Waals surface area contributed by atoms with Gasteiger partial charge in [0.1, 0.15) is 6.04 Å². The smallest absolute Gasteiger partial charge is 0.235 e. The molecule has 2 aromatic rings. The van der Waals surface area contributed by atoms with E-state index in [-0.39, 0.29) is 36.8 Å². The first-order valence-corrected chi connectivity index (χ1v) is 10.5. The molecule has 0 unspecified atom stereocenters. The third-order valence-electron chi connectivity index (χ3n) is 6.69. The first kappa shape index (κ1) is 19.7. The fourth-order valence-electron chi connectivity index (χ4n) is 5.34. The number of nitrogens with zero attached hydrogens (tertiary/aromatic N) is 2. The van der Waals surface area contributed by atoms with Crippen molar-refractivity contribution < 1.29 is 19.1 Å². The minimum Gasteiger partial charge on any atom is -0.383 e. The minimum absolute atomic E-state index is 0.129. The van der Waals surface area contributed by atoms with Crippen LogP contribution in [0.4, 0.5) is 5.69 Å². The Kier molecular flexibility index (Phi) is 4.74. The number of hydrogen-bond donors (Lipinski definition) is 0. The Morgan fingerprint density at radius 2 is 1.65 bits per heavy atom. The second-order valence-corrected chi connectivity index (χ2v) is 8.31. The Hall–Kier alpha value is -3.25. The lowest BCUT2D eigenvalue weighted by atomic mass is 9.85. The number of methoxy groups -OCH3 is 1. The number of carbonyl (C=O) groups excluding carboxylic acids is 3. The van der Waals surface area contributed by atoms with Gasteiger partial charge >= 0.3 is 0 Å². The number of ether oxygens (including phenoxy) is 1. The monoisotopic (exact) mass is 416 g/mol. The van der Waals surface area contributed by atoms with E-state index in [9.17, 15) is 14.4 Å². The van der Waals surface area contributed by atoms with E-state index in [1.165, 1.54) is 4.90 Å². The molecule has 6 heteroatoms. The summed E-state index contributed by atoms with van der Waals surface area (Å²) in [6.07, 6.45) is 2.04. The van der Waals surface area contributed by atoms with Crippen LogP contribution in [-0.2, 0) is 14.3 Å². The van der Waals surface area contributed by atoms with Crippen molar-refractivity contribution in [3.63, 3.8) is 0 Å². The first-order chi connectivity index (χ1) is 15.0. The maximum absolute atomic E-state index is 13.7. The Morgan fingerprint density at radius 1 is 0.968 bits per heavy atom. The van der Waals surface area contributed by atoms with Gasteiger partial charge in [0.25, 0.3) is 0 Å². The maximum Gasteiger partial charge on any atom is 0.235 e. The summed E-state index contributed by atoms with van der Waals surface area (Å²) in [5, 5.41) is 0. The molecule has 158 valence electrons. The number of likely N-dealkylation sites (tertiary alicyclic amines) is 1. The van der Waals surface area contributed by atoms with Crippen molar-refractivity contribution in [3.05, 3.63) is 71.8 Å². The quantitative estimate of drug-likeness (QED) is 0.554. The molecule has 31 heavy (non-hydrogen) atoms. The van der Waals surface area contributed by atoms with Crippen molar-refractivity contribution in [2.75, 3.05) is 25.2 Å². The highest BCUT2D eigenvalue weighted by molar-refractivity contribution is 6.14. The van der Waals surface area contributed by atoms with Gasteiger partial charge in [-0.3, -0.25) is 19.3 Å². The first-order valence-electron chi connectivity index (χ1n) is 10.5. The molecule has 4 atom stereocenters. The molecule has 2 fully saturated rings. The molecule has 5 rings (SSSR count). The molecule has 2 saturated heterocycles. The largest absolute Gasteiger partial charge is 0.383 e. The van der Waals surface area contributed by atoms with Crippen LogP contribution in [0.25, 0.3) is 5.57 Å². The molecular formula is C25H24N2O4. The second-order valence-electron chi connectivity index (χ2n) is 8.31. The summed E-state index contributed by atoms with van der Waals surface area (Å²) in [4.78, 5) is 43.8. The maximum atomic E-state index is 13.7. The fourth-order valence-corrected chi connectivity index (χ4v) is 5.34. The van der Waals surface area contributed by atoms with E-state index in [1.54, 1.807) is 19.2 Å². The second kappa shape index (κ2) is 7.46. The molecule has 3 aliphatic rings. The Morgan fingerprint density at radius 3 is 2.39 bits per heavy atom. The summed E-state index contributed by atoms with van der Waals surface area (Å²) in [6, 6.07) is 15.9. The summed E-state index contributed by atoms with van der Waals surface area (Å²) >= 11 is 0. The summed E-state index contributed by atoms with van der Waals surface area (Å²) in [5.74, 6) is -1.91. The zero-order valence-corrected chi connectivity index (χ0v) is 17.5. The van der Waals surface area contributed by atoms with Gasteiger partial charge < -0.3 is 9.64 Å². The van der Waals surface area contributed by atoms with Crippen molar-refractivity contribution in [2.24, 2.45) is 11.8 Å². The predicted octanol–water partition coefficient (Wildman–Crippen LogP) is 2.79. The zero-order chi connectivity index (χ0) is 21.7. The molecule has 0 aromatic heterocycles. The molecule has 3 heterocycles. The third kappa shape index (κ3) is 2.86. The van der Waals surface area contributed by atoms with Gasteiger partial charge in [0.05, 0.1) is 31.0 Å². The number of imide groups is 1. The molecule has 0 radical (unpaired) electrons. The molecule has 0 spiro atoms. The van der Waals surface area contributed by atoms with E-state index < -0.39 is 17.9 Å². The molecule has 3 aliphatic heterocycles. The summed E-state index contributed by atoms with van der Waals surface area (Å²) in [6.45, 7) is 2.50. The summed E-state index contributed by atoms with van der Waals surface area (Å²) < 4.78 is 5.10. The SMILES string of the molecule is COCCN1C(=O)[C@@H]2[C@H](C1=O)[C@H](C(=O)c1ccccc1)N1c3ccccc3C(C)=C[C@@H]21. The number of hydrogen-bond acceptors (Lipinski definition) is 5. The van der Waals surface area contributed by atoms with E-state index in [2.05, 4.69) is 0 Å². The van der Waals surface area contributed by atoms with E-state index in [0.29, 0.717) is 5.56 Å². The van der Waals surface area contributed by atoms with Gasteiger partial charge in [-0.25, -0.2) is 0 Å². The number of para-hydroxylation sites is 1. The van der Waals surface area contributed by atoms with Gasteiger partial charge in [-0.1, -0.05) is 54.6 Å². The van der Waals surface area contributed by atoms with Crippen LogP contribution in [0.2, 0.25) is 0 Å². The van der Waals surface area contributed by atoms with Gasteiger partial charge in [0.15, 0.2) is 5.78 Å². The van der Waals surface area contributed by atoms with E-state index in [1.807, 2.05) is 60.4 Å². The highest BCUT2D eigenvalue weighted by Gasteiger charge is 2.64. The lowest BCUT2D eigenvalue weighted by molar-refractivity contribution is -0.141. The number of benzene rings is 2. The molecule has 0 bridgehead atoms. The highest BCUT2D eigenvalue weighted by atomic mass is 16.5. The van der Waals surface area contributed by atoms with Crippen LogP contribution >= 0.6 is 0 Å². The number of amides is 2. The number of ketones is 1. The topological polar surface area (TPSA) is 66.9 Å². The average Bonchev–Trinajstić information content (AvgIpc) is 3.25. The fraction of sp³-hybridized carbons (Fsp3) is 0.320. The number of fused-ring (bicyclic) bond motifs is 5. The third-order valence-corrected chi connectivity index (χ3v) is 6.69. The van der Waals surface area contributed by atoms with Crippen LogP contribution in [-0.4, -0.2) is 54.8 Å². The van der Waals surface area contributed by atoms with Crippen molar-refractivity contribution in [2.45, 2.75) is 19.0 Å². The van der Waals surface area contributed by atoms with Crippen molar-refractivity contribution in [3.8, 4) is 0 Å². The van der Waals surface area contributed by atoms with Gasteiger partial charge in [-0.05, 0) is 18.6 Å². The Balaban J connectivity index is 1.65. The minimum atomic E-state index is -0.730. The van der Waals surface area contributed by atoms with Crippen LogP contribution < -0.4 is 4.90 Å². The predicted molar refractivity (Wildman–Crippen MR) is 116 cm³/mol. The number of rotatable bonds is 5. The number of allylic oxidation sites excluding steroid dienone is 1. The van der Waals surface area contributed by atoms with Gasteiger partial charge in [-0.15, -0.1) is 0 Å². The van der Waals surface area contributed by atoms with Crippen molar-refractivity contribution in [1.82, 2.24) is 4.90 Å². The Bertz CT molecular complexity index is 1090. The molecule has 0 saturated carbocycles. The van der Waals surface area contributed by atoms with Gasteiger partial charge in [0.2, 0.25) is 11.8 Å². The van der Waals surface area contributed by atoms with E-state index in [0.717, 1.165) is 16.8 Å². The average molecular weight is 416 g/mol. The number of carbonyl (C=O) groups is 3. The van der Waals surface area contributed by atoms with E-state index >= 15 is 0 Å². The summed E-state index contributed by atoms with van der Waals surface area (Å²) in [5.41, 5.74) is 3.53. The van der Waals surface area contributed by atoms with Gasteiger partial charge in [-0.2, -0.15) is 0 Å². The highest BCUT2D eigenvalue weighted by Crippen LogP contribution is 2.50.